The molecule has 0 aliphatic carbocycles. The summed E-state index contributed by atoms with van der Waals surface area (Å²) in [6, 6.07) is 5.80. The molecule has 1 amide bonds. The minimum Gasteiger partial charge on any atom is -0.370 e. The second-order valence-corrected chi connectivity index (χ2v) is 6.49. The molecule has 1 aromatic carbocycles. The van der Waals surface area contributed by atoms with Crippen molar-refractivity contribution in [1.82, 2.24) is 4.90 Å². The number of likely N-dealkylation sites (N-methyl/N-ethyl adjacent to an activating group) is 1. The summed E-state index contributed by atoms with van der Waals surface area (Å²) in [6.45, 7) is 2.50. The van der Waals surface area contributed by atoms with Gasteiger partial charge in [-0.1, -0.05) is 0 Å². The van der Waals surface area contributed by atoms with Gasteiger partial charge in [-0.2, -0.15) is 0 Å². The molecule has 0 N–H and O–H groups in total. The van der Waals surface area contributed by atoms with Gasteiger partial charge in [0, 0.05) is 37.8 Å². The zero-order chi connectivity index (χ0) is 15.7. The smallest absolute Gasteiger partial charge is 0.227 e. The van der Waals surface area contributed by atoms with Gasteiger partial charge in [0.2, 0.25) is 5.91 Å². The highest BCUT2D eigenvalue weighted by Gasteiger charge is 2.26. The Bertz CT molecular complexity index is 561. The van der Waals surface area contributed by atoms with Gasteiger partial charge in [0.1, 0.15) is 5.82 Å². The number of piperidine rings is 1. The average molecular weight is 305 g/mol. The summed E-state index contributed by atoms with van der Waals surface area (Å²) in [5.41, 5.74) is 1.34. The van der Waals surface area contributed by atoms with E-state index in [9.17, 15) is 9.18 Å². The van der Waals surface area contributed by atoms with Gasteiger partial charge < -0.3 is 14.7 Å². The van der Waals surface area contributed by atoms with Gasteiger partial charge >= 0.3 is 0 Å². The molecule has 1 atom stereocenters. The minimum atomic E-state index is -0.291. The predicted molar refractivity (Wildman–Crippen MR) is 86.9 cm³/mol. The Morgan fingerprint density at radius 2 is 2.05 bits per heavy atom. The van der Waals surface area contributed by atoms with Gasteiger partial charge in [0.05, 0.1) is 5.69 Å². The van der Waals surface area contributed by atoms with E-state index in [0.717, 1.165) is 38.0 Å². The van der Waals surface area contributed by atoms with Crippen LogP contribution in [0.1, 0.15) is 25.7 Å². The molecule has 2 saturated heterocycles. The first-order valence-electron chi connectivity index (χ1n) is 8.07. The Kier molecular flexibility index (Phi) is 4.34. The molecule has 1 unspecified atom stereocenters. The highest BCUT2D eigenvalue weighted by atomic mass is 19.1. The van der Waals surface area contributed by atoms with Gasteiger partial charge in [0.25, 0.3) is 0 Å². The van der Waals surface area contributed by atoms with E-state index < -0.39 is 0 Å². The number of hydrogen-bond acceptors (Lipinski definition) is 3. The molecule has 4 nitrogen and oxygen atoms in total. The predicted octanol–water partition coefficient (Wildman–Crippen LogP) is 2.48. The van der Waals surface area contributed by atoms with Crippen LogP contribution in [0.25, 0.3) is 0 Å². The molecule has 0 spiro atoms. The maximum absolute atomic E-state index is 14.5. The Labute approximate surface area is 131 Å². The molecular weight excluding hydrogens is 281 g/mol. The maximum atomic E-state index is 14.5. The summed E-state index contributed by atoms with van der Waals surface area (Å²) in [5, 5.41) is 0. The molecule has 120 valence electrons. The highest BCUT2D eigenvalue weighted by Crippen LogP contribution is 2.29. The van der Waals surface area contributed by atoms with Crippen LogP contribution in [0, 0.1) is 5.82 Å². The van der Waals surface area contributed by atoms with Crippen LogP contribution in [-0.4, -0.2) is 50.6 Å². The van der Waals surface area contributed by atoms with E-state index in [1.807, 2.05) is 6.07 Å². The molecule has 22 heavy (non-hydrogen) atoms. The normalized spacial score (nSPS) is 22.7. The largest absolute Gasteiger partial charge is 0.370 e. The summed E-state index contributed by atoms with van der Waals surface area (Å²) in [6.07, 6.45) is 3.48. The van der Waals surface area contributed by atoms with Crippen molar-refractivity contribution in [3.8, 4) is 0 Å². The summed E-state index contributed by atoms with van der Waals surface area (Å²) in [5.74, 6) is -0.257. The fourth-order valence-electron chi connectivity index (χ4n) is 3.37. The molecule has 0 aromatic heterocycles. The number of carbonyl (C=O) groups is 1. The Morgan fingerprint density at radius 3 is 2.68 bits per heavy atom. The molecular formula is C17H24FN3O. The fourth-order valence-corrected chi connectivity index (χ4v) is 3.37. The molecule has 0 radical (unpaired) electrons. The van der Waals surface area contributed by atoms with Crippen molar-refractivity contribution in [2.24, 2.45) is 0 Å². The van der Waals surface area contributed by atoms with Crippen molar-refractivity contribution >= 4 is 17.3 Å². The van der Waals surface area contributed by atoms with Crippen LogP contribution in [-0.2, 0) is 4.79 Å². The van der Waals surface area contributed by atoms with Gasteiger partial charge in [0.15, 0.2) is 0 Å². The summed E-state index contributed by atoms with van der Waals surface area (Å²) < 4.78 is 14.5. The lowest BCUT2D eigenvalue weighted by molar-refractivity contribution is -0.119. The van der Waals surface area contributed by atoms with Crippen LogP contribution in [0.3, 0.4) is 0 Å². The third-order valence-corrected chi connectivity index (χ3v) is 4.80. The van der Waals surface area contributed by atoms with Crippen LogP contribution in [0.4, 0.5) is 15.8 Å². The van der Waals surface area contributed by atoms with E-state index in [4.69, 9.17) is 0 Å². The molecule has 0 bridgehead atoms. The van der Waals surface area contributed by atoms with E-state index in [0.29, 0.717) is 24.7 Å². The van der Waals surface area contributed by atoms with Crippen molar-refractivity contribution in [2.75, 3.05) is 43.5 Å². The fraction of sp³-hybridized carbons (Fsp3) is 0.588. The van der Waals surface area contributed by atoms with Gasteiger partial charge in [-0.3, -0.25) is 4.79 Å². The molecule has 2 aliphatic rings. The lowest BCUT2D eigenvalue weighted by atomic mass is 10.1. The van der Waals surface area contributed by atoms with Crippen molar-refractivity contribution in [1.29, 1.82) is 0 Å². The van der Waals surface area contributed by atoms with Crippen LogP contribution < -0.4 is 9.80 Å². The van der Waals surface area contributed by atoms with Crippen molar-refractivity contribution in [3.63, 3.8) is 0 Å². The number of halogens is 1. The standard InChI is InChI=1S/C17H24FN3O/c1-19(2)14-8-10-20(12-14)13-6-7-16(15(18)11-13)21-9-4-3-5-17(21)22/h6-7,11,14H,3-5,8-10,12H2,1-2H3. The molecule has 1 aromatic rings. The van der Waals surface area contributed by atoms with Gasteiger partial charge in [-0.15, -0.1) is 0 Å². The summed E-state index contributed by atoms with van der Waals surface area (Å²) >= 11 is 0. The lowest BCUT2D eigenvalue weighted by Crippen LogP contribution is -2.36. The third kappa shape index (κ3) is 2.95. The van der Waals surface area contributed by atoms with Gasteiger partial charge in [-0.05, 0) is 51.6 Å². The monoisotopic (exact) mass is 305 g/mol. The Morgan fingerprint density at radius 1 is 1.23 bits per heavy atom. The third-order valence-electron chi connectivity index (χ3n) is 4.80. The van der Waals surface area contributed by atoms with Crippen LogP contribution >= 0.6 is 0 Å². The molecule has 5 heteroatoms. The Balaban J connectivity index is 1.76. The summed E-state index contributed by atoms with van der Waals surface area (Å²) in [4.78, 5) is 18.0. The number of rotatable bonds is 3. The lowest BCUT2D eigenvalue weighted by Gasteiger charge is -2.28. The highest BCUT2D eigenvalue weighted by molar-refractivity contribution is 5.94. The average Bonchev–Trinajstić information content (AvgIpc) is 2.98. The van der Waals surface area contributed by atoms with Crippen LogP contribution in [0.15, 0.2) is 18.2 Å². The zero-order valence-corrected chi connectivity index (χ0v) is 13.4. The van der Waals surface area contributed by atoms with Crippen molar-refractivity contribution in [3.05, 3.63) is 24.0 Å². The molecule has 2 fully saturated rings. The number of hydrogen-bond donors (Lipinski definition) is 0. The van der Waals surface area contributed by atoms with Crippen LogP contribution in [0.5, 0.6) is 0 Å². The molecule has 3 rings (SSSR count). The molecule has 2 heterocycles. The first kappa shape index (κ1) is 15.3. The number of anilines is 2. The second kappa shape index (κ2) is 6.24. The first-order chi connectivity index (χ1) is 10.6. The maximum Gasteiger partial charge on any atom is 0.227 e. The molecule has 0 saturated carbocycles. The topological polar surface area (TPSA) is 26.8 Å². The van der Waals surface area contributed by atoms with E-state index >= 15 is 0 Å². The van der Waals surface area contributed by atoms with E-state index in [-0.39, 0.29) is 11.7 Å². The number of amides is 1. The van der Waals surface area contributed by atoms with Crippen molar-refractivity contribution in [2.45, 2.75) is 31.7 Å². The number of carbonyl (C=O) groups excluding carboxylic acids is 1. The minimum absolute atomic E-state index is 0.0340. The van der Waals surface area contributed by atoms with E-state index in [1.54, 1.807) is 17.0 Å². The number of benzene rings is 1. The molecule has 2 aliphatic heterocycles. The zero-order valence-electron chi connectivity index (χ0n) is 13.4. The summed E-state index contributed by atoms with van der Waals surface area (Å²) in [7, 11) is 4.17. The number of nitrogens with zero attached hydrogens (tertiary/aromatic N) is 3. The van der Waals surface area contributed by atoms with E-state index in [2.05, 4.69) is 23.9 Å². The van der Waals surface area contributed by atoms with Gasteiger partial charge in [-0.25, -0.2) is 4.39 Å². The SMILES string of the molecule is CN(C)C1CCN(c2ccc(N3CCCCC3=O)c(F)c2)C1. The second-order valence-electron chi connectivity index (χ2n) is 6.49. The van der Waals surface area contributed by atoms with Crippen LogP contribution in [0.2, 0.25) is 0 Å². The first-order valence-corrected chi connectivity index (χ1v) is 8.07. The Hall–Kier alpha value is -1.62. The van der Waals surface area contributed by atoms with Crippen molar-refractivity contribution < 1.29 is 9.18 Å². The quantitative estimate of drug-likeness (QED) is 0.858. The van der Waals surface area contributed by atoms with E-state index in [1.165, 1.54) is 0 Å².